The molecule has 1 aromatic rings. The fourth-order valence-electron chi connectivity index (χ4n) is 2.39. The number of aldehydes is 1. The van der Waals surface area contributed by atoms with Crippen LogP contribution in [0.4, 0.5) is 0 Å². The molecule has 0 spiro atoms. The van der Waals surface area contributed by atoms with E-state index in [2.05, 4.69) is 11.5 Å². The zero-order valence-electron chi connectivity index (χ0n) is 9.80. The van der Waals surface area contributed by atoms with Crippen molar-refractivity contribution in [1.82, 2.24) is 4.90 Å². The number of benzene rings is 1. The fraction of sp³-hybridized carbons (Fsp3) is 0.357. The molecule has 90 valence electrons. The number of hydrogen-bond donors (Lipinski definition) is 1. The number of aliphatic hydroxyl groups excluding tert-OH is 1. The summed E-state index contributed by atoms with van der Waals surface area (Å²) in [5, 5.41) is 9.11. The van der Waals surface area contributed by atoms with Gasteiger partial charge in [-0.15, -0.1) is 6.58 Å². The number of carbonyl (C=O) groups is 1. The van der Waals surface area contributed by atoms with Crippen LogP contribution in [-0.2, 0) is 17.8 Å². The molecule has 0 radical (unpaired) electrons. The number of carbonyl (C=O) groups excluding carboxylic acids is 1. The van der Waals surface area contributed by atoms with E-state index in [1.54, 1.807) is 0 Å². The SMILES string of the molecule is C=CCN1CCc2cc(CO)ccc2C1C=O. The van der Waals surface area contributed by atoms with Gasteiger partial charge in [0.2, 0.25) is 0 Å². The molecule has 1 N–H and O–H groups in total. The van der Waals surface area contributed by atoms with Crippen LogP contribution >= 0.6 is 0 Å². The third-order valence-electron chi connectivity index (χ3n) is 3.26. The van der Waals surface area contributed by atoms with E-state index in [-0.39, 0.29) is 12.6 Å². The van der Waals surface area contributed by atoms with Crippen molar-refractivity contribution in [2.24, 2.45) is 0 Å². The highest BCUT2D eigenvalue weighted by Crippen LogP contribution is 2.28. The van der Waals surface area contributed by atoms with Gasteiger partial charge in [-0.1, -0.05) is 24.3 Å². The van der Waals surface area contributed by atoms with E-state index in [1.165, 1.54) is 5.56 Å². The van der Waals surface area contributed by atoms with Crippen LogP contribution in [-0.4, -0.2) is 29.4 Å². The van der Waals surface area contributed by atoms with Gasteiger partial charge in [-0.2, -0.15) is 0 Å². The molecule has 1 atom stereocenters. The summed E-state index contributed by atoms with van der Waals surface area (Å²) in [6.07, 6.45) is 3.73. The largest absolute Gasteiger partial charge is 0.392 e. The van der Waals surface area contributed by atoms with Crippen LogP contribution in [0.15, 0.2) is 30.9 Å². The lowest BCUT2D eigenvalue weighted by Gasteiger charge is -2.33. The first-order chi connectivity index (χ1) is 8.30. The Balaban J connectivity index is 2.34. The lowest BCUT2D eigenvalue weighted by atomic mass is 9.92. The summed E-state index contributed by atoms with van der Waals surface area (Å²) < 4.78 is 0. The minimum absolute atomic E-state index is 0.0510. The van der Waals surface area contributed by atoms with Crippen LogP contribution in [0.2, 0.25) is 0 Å². The van der Waals surface area contributed by atoms with Gasteiger partial charge in [0.1, 0.15) is 6.29 Å². The van der Waals surface area contributed by atoms with Crippen LogP contribution in [0, 0.1) is 0 Å². The number of aliphatic hydroxyl groups is 1. The van der Waals surface area contributed by atoms with Crippen molar-refractivity contribution < 1.29 is 9.90 Å². The average Bonchev–Trinajstić information content (AvgIpc) is 2.38. The smallest absolute Gasteiger partial charge is 0.141 e. The van der Waals surface area contributed by atoms with E-state index in [4.69, 9.17) is 5.11 Å². The molecule has 0 aromatic heterocycles. The maximum Gasteiger partial charge on any atom is 0.141 e. The Morgan fingerprint density at radius 1 is 1.53 bits per heavy atom. The summed E-state index contributed by atoms with van der Waals surface area (Å²) in [5.41, 5.74) is 3.14. The summed E-state index contributed by atoms with van der Waals surface area (Å²) >= 11 is 0. The third kappa shape index (κ3) is 2.30. The lowest BCUT2D eigenvalue weighted by molar-refractivity contribution is -0.112. The predicted molar refractivity (Wildman–Crippen MR) is 66.6 cm³/mol. The van der Waals surface area contributed by atoms with Gasteiger partial charge in [0.15, 0.2) is 0 Å². The van der Waals surface area contributed by atoms with Gasteiger partial charge in [0, 0.05) is 13.1 Å². The van der Waals surface area contributed by atoms with Crippen molar-refractivity contribution in [2.45, 2.75) is 19.1 Å². The van der Waals surface area contributed by atoms with Gasteiger partial charge in [0.05, 0.1) is 12.6 Å². The highest BCUT2D eigenvalue weighted by molar-refractivity contribution is 5.63. The zero-order valence-corrected chi connectivity index (χ0v) is 9.80. The predicted octanol–water partition coefficient (Wildman–Crippen LogP) is 1.46. The van der Waals surface area contributed by atoms with Gasteiger partial charge in [0.25, 0.3) is 0 Å². The van der Waals surface area contributed by atoms with E-state index in [9.17, 15) is 4.79 Å². The Morgan fingerprint density at radius 3 is 3.00 bits per heavy atom. The molecule has 17 heavy (non-hydrogen) atoms. The molecule has 0 fully saturated rings. The first-order valence-electron chi connectivity index (χ1n) is 5.83. The first kappa shape index (κ1) is 12.0. The zero-order chi connectivity index (χ0) is 12.3. The topological polar surface area (TPSA) is 40.5 Å². The van der Waals surface area contributed by atoms with Crippen molar-refractivity contribution in [1.29, 1.82) is 0 Å². The molecular formula is C14H17NO2. The molecule has 1 aliphatic heterocycles. The minimum atomic E-state index is -0.176. The highest BCUT2D eigenvalue weighted by Gasteiger charge is 2.25. The number of nitrogens with zero attached hydrogens (tertiary/aromatic N) is 1. The van der Waals surface area contributed by atoms with Gasteiger partial charge >= 0.3 is 0 Å². The highest BCUT2D eigenvalue weighted by atomic mass is 16.3. The van der Waals surface area contributed by atoms with Crippen LogP contribution in [0.25, 0.3) is 0 Å². The number of rotatable bonds is 4. The lowest BCUT2D eigenvalue weighted by Crippen LogP contribution is -2.36. The second-order valence-electron chi connectivity index (χ2n) is 4.31. The molecule has 0 aliphatic carbocycles. The summed E-state index contributed by atoms with van der Waals surface area (Å²) in [4.78, 5) is 13.3. The van der Waals surface area contributed by atoms with Crippen LogP contribution in [0.3, 0.4) is 0 Å². The maximum atomic E-state index is 11.2. The van der Waals surface area contributed by atoms with Crippen molar-refractivity contribution in [3.8, 4) is 0 Å². The third-order valence-corrected chi connectivity index (χ3v) is 3.26. The molecule has 2 rings (SSSR count). The van der Waals surface area contributed by atoms with Gasteiger partial charge < -0.3 is 9.90 Å². The summed E-state index contributed by atoms with van der Waals surface area (Å²) in [7, 11) is 0. The quantitative estimate of drug-likeness (QED) is 0.630. The van der Waals surface area contributed by atoms with Crippen LogP contribution < -0.4 is 0 Å². The van der Waals surface area contributed by atoms with E-state index in [0.717, 1.165) is 36.9 Å². The molecule has 0 saturated heterocycles. The fourth-order valence-corrected chi connectivity index (χ4v) is 2.39. The monoisotopic (exact) mass is 231 g/mol. The molecule has 0 amide bonds. The number of hydrogen-bond acceptors (Lipinski definition) is 3. The van der Waals surface area contributed by atoms with Crippen LogP contribution in [0.1, 0.15) is 22.7 Å². The standard InChI is InChI=1S/C14H17NO2/c1-2-6-15-7-5-12-8-11(9-16)3-4-13(12)14(15)10-17/h2-4,8,10,14,16H,1,5-7,9H2. The second-order valence-corrected chi connectivity index (χ2v) is 4.31. The minimum Gasteiger partial charge on any atom is -0.392 e. The van der Waals surface area contributed by atoms with E-state index in [1.807, 2.05) is 24.3 Å². The molecule has 0 saturated carbocycles. The Morgan fingerprint density at radius 2 is 2.35 bits per heavy atom. The summed E-state index contributed by atoms with van der Waals surface area (Å²) in [6, 6.07) is 5.66. The molecule has 0 bridgehead atoms. The Kier molecular flexibility index (Phi) is 3.71. The molecular weight excluding hydrogens is 214 g/mol. The molecule has 1 unspecified atom stereocenters. The molecule has 1 aromatic carbocycles. The van der Waals surface area contributed by atoms with E-state index >= 15 is 0 Å². The molecule has 1 heterocycles. The number of fused-ring (bicyclic) bond motifs is 1. The Bertz CT molecular complexity index is 428. The molecule has 1 aliphatic rings. The van der Waals surface area contributed by atoms with Crippen molar-refractivity contribution in [2.75, 3.05) is 13.1 Å². The first-order valence-corrected chi connectivity index (χ1v) is 5.83. The summed E-state index contributed by atoms with van der Waals surface area (Å²) in [6.45, 7) is 5.35. The maximum absolute atomic E-state index is 11.2. The molecule has 3 heteroatoms. The second kappa shape index (κ2) is 5.25. The normalized spacial score (nSPS) is 19.7. The summed E-state index contributed by atoms with van der Waals surface area (Å²) in [5.74, 6) is 0. The van der Waals surface area contributed by atoms with Crippen molar-refractivity contribution in [3.63, 3.8) is 0 Å². The Labute approximate surface area is 101 Å². The van der Waals surface area contributed by atoms with Crippen molar-refractivity contribution in [3.05, 3.63) is 47.5 Å². The average molecular weight is 231 g/mol. The van der Waals surface area contributed by atoms with Gasteiger partial charge in [-0.25, -0.2) is 0 Å². The van der Waals surface area contributed by atoms with Crippen molar-refractivity contribution >= 4 is 6.29 Å². The molecule has 3 nitrogen and oxygen atoms in total. The van der Waals surface area contributed by atoms with E-state index < -0.39 is 0 Å². The van der Waals surface area contributed by atoms with Crippen LogP contribution in [0.5, 0.6) is 0 Å². The van der Waals surface area contributed by atoms with Gasteiger partial charge in [-0.05, 0) is 23.1 Å². The van der Waals surface area contributed by atoms with Gasteiger partial charge in [-0.3, -0.25) is 4.90 Å². The van der Waals surface area contributed by atoms with E-state index in [0.29, 0.717) is 0 Å². The Hall–Kier alpha value is -1.45.